The second kappa shape index (κ2) is 6.69. The van der Waals surface area contributed by atoms with E-state index in [1.165, 1.54) is 6.20 Å². The van der Waals surface area contributed by atoms with E-state index < -0.39 is 23.7 Å². The van der Waals surface area contributed by atoms with E-state index in [2.05, 4.69) is 26.2 Å². The zero-order valence-corrected chi connectivity index (χ0v) is 13.1. The van der Waals surface area contributed by atoms with Gasteiger partial charge in [0.1, 0.15) is 5.60 Å². The second-order valence-electron chi connectivity index (χ2n) is 5.19. The summed E-state index contributed by atoms with van der Waals surface area (Å²) in [4.78, 5) is 26.6. The summed E-state index contributed by atoms with van der Waals surface area (Å²) in [5, 5.41) is 11.5. The number of hydrogen-bond acceptors (Lipinski definition) is 4. The maximum atomic E-state index is 11.8. The van der Waals surface area contributed by atoms with Crippen molar-refractivity contribution in [3.05, 3.63) is 28.5 Å². The zero-order chi connectivity index (χ0) is 15.3. The van der Waals surface area contributed by atoms with E-state index in [1.807, 2.05) is 0 Å². The Kier molecular flexibility index (Phi) is 5.50. The highest BCUT2D eigenvalue weighted by molar-refractivity contribution is 9.10. The number of rotatable bonds is 4. The lowest BCUT2D eigenvalue weighted by atomic mass is 10.1. The first-order chi connectivity index (χ1) is 9.19. The van der Waals surface area contributed by atoms with Gasteiger partial charge in [-0.3, -0.25) is 9.78 Å². The maximum absolute atomic E-state index is 11.8. The Balaban J connectivity index is 2.88. The number of aromatic nitrogens is 1. The Bertz CT molecular complexity index is 499. The van der Waals surface area contributed by atoms with Crippen LogP contribution in [-0.2, 0) is 9.53 Å². The minimum absolute atomic E-state index is 0.248. The highest BCUT2D eigenvalue weighted by Gasteiger charge is 2.23. The average Bonchev–Trinajstić information content (AvgIpc) is 2.25. The first-order valence-corrected chi connectivity index (χ1v) is 6.79. The van der Waals surface area contributed by atoms with Crippen LogP contribution in [0, 0.1) is 0 Å². The molecule has 0 aromatic carbocycles. The number of nitrogens with one attached hydrogen (secondary N) is 1. The van der Waals surface area contributed by atoms with Crippen molar-refractivity contribution in [1.29, 1.82) is 0 Å². The lowest BCUT2D eigenvalue weighted by molar-refractivity contribution is -0.137. The minimum Gasteiger partial charge on any atom is -0.481 e. The van der Waals surface area contributed by atoms with Gasteiger partial charge in [0.2, 0.25) is 0 Å². The van der Waals surface area contributed by atoms with Gasteiger partial charge in [0, 0.05) is 16.9 Å². The molecule has 0 spiro atoms. The zero-order valence-electron chi connectivity index (χ0n) is 11.5. The van der Waals surface area contributed by atoms with Crippen LogP contribution in [0.1, 0.15) is 38.8 Å². The van der Waals surface area contributed by atoms with E-state index in [4.69, 9.17) is 9.84 Å². The molecule has 2 N–H and O–H groups in total. The van der Waals surface area contributed by atoms with E-state index >= 15 is 0 Å². The van der Waals surface area contributed by atoms with Gasteiger partial charge in [-0.15, -0.1) is 0 Å². The Hall–Kier alpha value is -1.63. The average molecular weight is 345 g/mol. The van der Waals surface area contributed by atoms with Crippen molar-refractivity contribution in [1.82, 2.24) is 10.3 Å². The van der Waals surface area contributed by atoms with Gasteiger partial charge in [-0.25, -0.2) is 4.79 Å². The van der Waals surface area contributed by atoms with Crippen LogP contribution in [0.3, 0.4) is 0 Å². The molecule has 1 aromatic heterocycles. The normalized spacial score (nSPS) is 12.6. The Morgan fingerprint density at radius 1 is 1.50 bits per heavy atom. The number of carboxylic acid groups (broad SMARTS) is 1. The molecule has 0 radical (unpaired) electrons. The number of nitrogens with zero attached hydrogens (tertiary/aromatic N) is 1. The van der Waals surface area contributed by atoms with Crippen molar-refractivity contribution in [2.45, 2.75) is 38.8 Å². The van der Waals surface area contributed by atoms with Crippen molar-refractivity contribution in [2.24, 2.45) is 0 Å². The molecule has 0 bridgehead atoms. The lowest BCUT2D eigenvalue weighted by Crippen LogP contribution is -2.36. The third-order valence-corrected chi connectivity index (χ3v) is 2.91. The van der Waals surface area contributed by atoms with Crippen LogP contribution >= 0.6 is 15.9 Å². The summed E-state index contributed by atoms with van der Waals surface area (Å²) in [5.74, 6) is -1.02. The second-order valence-corrected chi connectivity index (χ2v) is 6.05. The number of carboxylic acids is 1. The van der Waals surface area contributed by atoms with E-state index in [-0.39, 0.29) is 6.42 Å². The van der Waals surface area contributed by atoms with Gasteiger partial charge in [-0.05, 0) is 48.3 Å². The van der Waals surface area contributed by atoms with Crippen LogP contribution in [0.4, 0.5) is 4.79 Å². The van der Waals surface area contributed by atoms with Gasteiger partial charge in [0.15, 0.2) is 0 Å². The number of ether oxygens (including phenoxy) is 1. The fourth-order valence-electron chi connectivity index (χ4n) is 1.53. The quantitative estimate of drug-likeness (QED) is 0.876. The Labute approximate surface area is 125 Å². The van der Waals surface area contributed by atoms with Crippen molar-refractivity contribution in [2.75, 3.05) is 0 Å². The number of amides is 1. The van der Waals surface area contributed by atoms with Gasteiger partial charge < -0.3 is 15.2 Å². The maximum Gasteiger partial charge on any atom is 0.408 e. The number of alkyl carbamates (subject to hydrolysis) is 1. The molecule has 7 heteroatoms. The molecule has 20 heavy (non-hydrogen) atoms. The SMILES string of the molecule is CC(C)(C)OC(=O)N[C@H](CC(=O)O)c1ccncc1Br. The fraction of sp³-hybridized carbons (Fsp3) is 0.462. The van der Waals surface area contributed by atoms with Crippen LogP contribution in [0.15, 0.2) is 22.9 Å². The lowest BCUT2D eigenvalue weighted by Gasteiger charge is -2.23. The molecule has 0 unspecified atom stereocenters. The number of pyridine rings is 1. The number of aliphatic carboxylic acids is 1. The van der Waals surface area contributed by atoms with Crippen LogP contribution in [0.5, 0.6) is 0 Å². The smallest absolute Gasteiger partial charge is 0.408 e. The van der Waals surface area contributed by atoms with Gasteiger partial charge in [-0.2, -0.15) is 0 Å². The third-order valence-electron chi connectivity index (χ3n) is 2.25. The van der Waals surface area contributed by atoms with Crippen molar-refractivity contribution in [3.63, 3.8) is 0 Å². The van der Waals surface area contributed by atoms with Crippen LogP contribution in [0.2, 0.25) is 0 Å². The molecule has 0 fully saturated rings. The largest absolute Gasteiger partial charge is 0.481 e. The number of carbonyl (C=O) groups is 2. The summed E-state index contributed by atoms with van der Waals surface area (Å²) < 4.78 is 5.76. The van der Waals surface area contributed by atoms with E-state index in [1.54, 1.807) is 33.0 Å². The summed E-state index contributed by atoms with van der Waals surface area (Å²) >= 11 is 3.29. The first-order valence-electron chi connectivity index (χ1n) is 6.00. The van der Waals surface area contributed by atoms with E-state index in [9.17, 15) is 9.59 Å². The molecule has 1 heterocycles. The monoisotopic (exact) mass is 344 g/mol. The molecule has 0 aliphatic carbocycles. The number of halogens is 1. The van der Waals surface area contributed by atoms with Crippen LogP contribution in [0.25, 0.3) is 0 Å². The summed E-state index contributed by atoms with van der Waals surface area (Å²) in [5.41, 5.74) is -0.0129. The molecule has 0 saturated carbocycles. The summed E-state index contributed by atoms with van der Waals surface area (Å²) in [7, 11) is 0. The minimum atomic E-state index is -1.02. The summed E-state index contributed by atoms with van der Waals surface area (Å²) in [6.07, 6.45) is 2.17. The highest BCUT2D eigenvalue weighted by atomic mass is 79.9. The first kappa shape index (κ1) is 16.4. The molecule has 0 aliphatic heterocycles. The van der Waals surface area contributed by atoms with E-state index in [0.717, 1.165) is 0 Å². The molecule has 6 nitrogen and oxygen atoms in total. The van der Waals surface area contributed by atoms with Gasteiger partial charge in [-0.1, -0.05) is 0 Å². The molecule has 1 amide bonds. The molecule has 1 rings (SSSR count). The molecular weight excluding hydrogens is 328 g/mol. The standard InChI is InChI=1S/C13H17BrN2O4/c1-13(2,3)20-12(19)16-10(6-11(17)18)8-4-5-15-7-9(8)14/h4-5,7,10H,6H2,1-3H3,(H,16,19)(H,17,18)/t10-/m1/s1. The summed E-state index contributed by atoms with van der Waals surface area (Å²) in [6, 6.07) is 0.953. The van der Waals surface area contributed by atoms with Gasteiger partial charge in [0.05, 0.1) is 12.5 Å². The number of hydrogen-bond donors (Lipinski definition) is 2. The van der Waals surface area contributed by atoms with Crippen molar-refractivity contribution >= 4 is 28.0 Å². The summed E-state index contributed by atoms with van der Waals surface area (Å²) in [6.45, 7) is 5.21. The number of carbonyl (C=O) groups excluding carboxylic acids is 1. The van der Waals surface area contributed by atoms with Crippen LogP contribution < -0.4 is 5.32 Å². The molecule has 110 valence electrons. The van der Waals surface area contributed by atoms with Crippen LogP contribution in [-0.4, -0.2) is 27.8 Å². The van der Waals surface area contributed by atoms with Gasteiger partial charge >= 0.3 is 12.1 Å². The highest BCUT2D eigenvalue weighted by Crippen LogP contribution is 2.25. The molecule has 0 aliphatic rings. The van der Waals surface area contributed by atoms with Crippen molar-refractivity contribution < 1.29 is 19.4 Å². The molecule has 1 aromatic rings. The fourth-order valence-corrected chi connectivity index (χ4v) is 2.06. The third kappa shape index (κ3) is 5.56. The predicted molar refractivity (Wildman–Crippen MR) is 76.3 cm³/mol. The Morgan fingerprint density at radius 2 is 2.15 bits per heavy atom. The van der Waals surface area contributed by atoms with E-state index in [0.29, 0.717) is 10.0 Å². The topological polar surface area (TPSA) is 88.5 Å². The Morgan fingerprint density at radius 3 is 2.65 bits per heavy atom. The van der Waals surface area contributed by atoms with Crippen molar-refractivity contribution in [3.8, 4) is 0 Å². The predicted octanol–water partition coefficient (Wildman–Crippen LogP) is 2.88. The van der Waals surface area contributed by atoms with Gasteiger partial charge in [0.25, 0.3) is 0 Å². The molecular formula is C13H17BrN2O4. The molecule has 1 atom stereocenters. The molecule has 0 saturated heterocycles.